The van der Waals surface area contributed by atoms with Gasteiger partial charge in [0, 0.05) is 11.2 Å². The molecule has 0 fully saturated rings. The van der Waals surface area contributed by atoms with Crippen molar-refractivity contribution in [2.24, 2.45) is 29.6 Å². The average molecular weight is 427 g/mol. The first-order valence-electron chi connectivity index (χ1n) is 11.2. The summed E-state index contributed by atoms with van der Waals surface area (Å²) in [5, 5.41) is 0.452. The highest BCUT2D eigenvalue weighted by molar-refractivity contribution is 7.97. The van der Waals surface area contributed by atoms with Gasteiger partial charge in [0.25, 0.3) is 0 Å². The third-order valence-corrected chi connectivity index (χ3v) is 9.70. The zero-order chi connectivity index (χ0) is 22.2. The van der Waals surface area contributed by atoms with Crippen LogP contribution in [-0.4, -0.2) is 11.0 Å². The van der Waals surface area contributed by atoms with Crippen LogP contribution in [0.25, 0.3) is 0 Å². The molecule has 0 aromatic carbocycles. The molecule has 0 amide bonds. The zero-order valence-electron chi connectivity index (χ0n) is 19.1. The Balaban J connectivity index is 2.10. The van der Waals surface area contributed by atoms with E-state index in [0.717, 1.165) is 36.0 Å². The van der Waals surface area contributed by atoms with Crippen LogP contribution in [0, 0.1) is 29.6 Å². The number of hydrogen-bond acceptors (Lipinski definition) is 3. The molecule has 6 atom stereocenters. The molecular weight excluding hydrogens is 391 g/mol. The fraction of sp³-hybridized carbons (Fsp3) is 0.538. The molecule has 3 nitrogen and oxygen atoms in total. The van der Waals surface area contributed by atoms with Gasteiger partial charge in [0.15, 0.2) is 0 Å². The third kappa shape index (κ3) is 4.06. The van der Waals surface area contributed by atoms with Gasteiger partial charge in [-0.15, -0.1) is 0 Å². The molecule has 0 aromatic rings. The van der Waals surface area contributed by atoms with Crippen LogP contribution in [0.15, 0.2) is 58.5 Å². The highest BCUT2D eigenvalue weighted by Gasteiger charge is 2.51. The lowest BCUT2D eigenvalue weighted by molar-refractivity contribution is -0.118. The third-order valence-electron chi connectivity index (χ3n) is 6.84. The quantitative estimate of drug-likeness (QED) is 0.350. The molecule has 0 aliphatic heterocycles. The van der Waals surface area contributed by atoms with Crippen molar-refractivity contribution < 1.29 is 14.2 Å². The Morgan fingerprint density at radius 2 is 1.60 bits per heavy atom. The standard InChI is InChI=1S/C26H35O3P/c1-16-12-18(3)23(19(4)13-16)25(27)30(29,22-10-8-7-9-11-22)26(28)24-20(5)14-17(2)15-21(24)6/h8,10-14,17-18,21,23-24H,7,9,15H2,1-6H3. The molecule has 3 rings (SSSR count). The van der Waals surface area contributed by atoms with E-state index in [1.165, 1.54) is 0 Å². The molecule has 4 heteroatoms. The average Bonchev–Trinajstić information content (AvgIpc) is 2.66. The molecule has 0 saturated heterocycles. The van der Waals surface area contributed by atoms with Gasteiger partial charge >= 0.3 is 0 Å². The van der Waals surface area contributed by atoms with Crippen LogP contribution < -0.4 is 0 Å². The number of carbonyl (C=O) groups excluding carboxylic acids is 2. The fourth-order valence-electron chi connectivity index (χ4n) is 5.66. The summed E-state index contributed by atoms with van der Waals surface area (Å²) in [6.45, 7) is 12.1. The van der Waals surface area contributed by atoms with Crippen molar-refractivity contribution in [3.05, 3.63) is 58.5 Å². The summed E-state index contributed by atoms with van der Waals surface area (Å²) in [6.07, 6.45) is 14.2. The van der Waals surface area contributed by atoms with Crippen molar-refractivity contribution in [3.63, 3.8) is 0 Å². The summed E-state index contributed by atoms with van der Waals surface area (Å²) in [7, 11) is -3.92. The predicted molar refractivity (Wildman–Crippen MR) is 124 cm³/mol. The summed E-state index contributed by atoms with van der Waals surface area (Å²) in [5.74, 6) is -0.564. The summed E-state index contributed by atoms with van der Waals surface area (Å²) < 4.78 is 14.6. The van der Waals surface area contributed by atoms with Crippen molar-refractivity contribution in [2.45, 2.75) is 60.8 Å². The lowest BCUT2D eigenvalue weighted by Gasteiger charge is -2.35. The minimum atomic E-state index is -3.92. The van der Waals surface area contributed by atoms with E-state index in [9.17, 15) is 14.2 Å². The molecule has 0 saturated carbocycles. The Labute approximate surface area is 181 Å². The van der Waals surface area contributed by atoms with E-state index in [1.54, 1.807) is 6.08 Å². The van der Waals surface area contributed by atoms with Gasteiger partial charge in [-0.3, -0.25) is 9.59 Å². The van der Waals surface area contributed by atoms with Crippen LogP contribution in [0.3, 0.4) is 0 Å². The normalized spacial score (nSPS) is 33.6. The molecule has 0 spiro atoms. The Kier molecular flexibility index (Phi) is 6.72. The van der Waals surface area contributed by atoms with Gasteiger partial charge in [-0.1, -0.05) is 73.9 Å². The van der Waals surface area contributed by atoms with Crippen molar-refractivity contribution in [2.75, 3.05) is 0 Å². The lowest BCUT2D eigenvalue weighted by Crippen LogP contribution is -2.33. The largest absolute Gasteiger partial charge is 0.302 e. The second-order valence-corrected chi connectivity index (χ2v) is 12.2. The first-order chi connectivity index (χ1) is 14.1. The molecule has 0 radical (unpaired) electrons. The maximum absolute atomic E-state index is 14.6. The SMILES string of the molecule is CC1=CC(C)C(C(=O)P(=O)(C(=O)C2C(C)=CC(C)CC2C)C2=CCCC=C2)C(C)=C1. The molecule has 0 bridgehead atoms. The minimum Gasteiger partial charge on any atom is -0.302 e. The number of rotatable bonds is 5. The first-order valence-corrected chi connectivity index (χ1v) is 12.9. The van der Waals surface area contributed by atoms with Gasteiger partial charge < -0.3 is 4.57 Å². The fourth-order valence-corrected chi connectivity index (χ4v) is 8.77. The molecule has 3 aliphatic carbocycles. The highest BCUT2D eigenvalue weighted by atomic mass is 31.2. The van der Waals surface area contributed by atoms with Gasteiger partial charge in [0.2, 0.25) is 18.2 Å². The number of carbonyl (C=O) groups is 2. The zero-order valence-corrected chi connectivity index (χ0v) is 20.0. The van der Waals surface area contributed by atoms with Crippen LogP contribution in [0.1, 0.15) is 60.8 Å². The molecule has 30 heavy (non-hydrogen) atoms. The second kappa shape index (κ2) is 8.79. The highest BCUT2D eigenvalue weighted by Crippen LogP contribution is 2.63. The Morgan fingerprint density at radius 1 is 0.933 bits per heavy atom. The molecule has 6 unspecified atom stereocenters. The van der Waals surface area contributed by atoms with Crippen molar-refractivity contribution in [3.8, 4) is 0 Å². The van der Waals surface area contributed by atoms with Gasteiger partial charge in [-0.25, -0.2) is 0 Å². The second-order valence-electron chi connectivity index (χ2n) is 9.61. The monoisotopic (exact) mass is 426 g/mol. The summed E-state index contributed by atoms with van der Waals surface area (Å²) in [4.78, 5) is 27.9. The van der Waals surface area contributed by atoms with Crippen LogP contribution >= 0.6 is 7.14 Å². The van der Waals surface area contributed by atoms with E-state index < -0.39 is 19.0 Å². The van der Waals surface area contributed by atoms with Crippen LogP contribution in [0.2, 0.25) is 0 Å². The van der Waals surface area contributed by atoms with E-state index in [4.69, 9.17) is 0 Å². The van der Waals surface area contributed by atoms with E-state index in [1.807, 2.05) is 52.0 Å². The molecule has 0 N–H and O–H groups in total. The topological polar surface area (TPSA) is 51.2 Å². The van der Waals surface area contributed by atoms with Gasteiger partial charge in [-0.2, -0.15) is 0 Å². The Hall–Kier alpha value is -1.73. The summed E-state index contributed by atoms with van der Waals surface area (Å²) in [6, 6.07) is 0. The van der Waals surface area contributed by atoms with Crippen molar-refractivity contribution in [1.29, 1.82) is 0 Å². The van der Waals surface area contributed by atoms with Crippen LogP contribution in [0.5, 0.6) is 0 Å². The molecule has 162 valence electrons. The van der Waals surface area contributed by atoms with Crippen molar-refractivity contribution >= 4 is 18.2 Å². The molecule has 0 aromatic heterocycles. The van der Waals surface area contributed by atoms with Crippen LogP contribution in [0.4, 0.5) is 0 Å². The molecular formula is C26H35O3P. The molecule has 3 aliphatic rings. The van der Waals surface area contributed by atoms with E-state index in [0.29, 0.717) is 11.2 Å². The number of allylic oxidation sites excluding steroid dienone is 10. The molecule has 0 heterocycles. The van der Waals surface area contributed by atoms with Gasteiger partial charge in [0.1, 0.15) is 0 Å². The maximum atomic E-state index is 14.6. The van der Waals surface area contributed by atoms with Crippen molar-refractivity contribution in [1.82, 2.24) is 0 Å². The van der Waals surface area contributed by atoms with Crippen LogP contribution in [-0.2, 0) is 14.2 Å². The van der Waals surface area contributed by atoms with E-state index >= 15 is 0 Å². The smallest absolute Gasteiger partial charge is 0.239 e. The first kappa shape index (κ1) is 22.9. The van der Waals surface area contributed by atoms with Gasteiger partial charge in [-0.05, 0) is 57.8 Å². The Bertz CT molecular complexity index is 925. The number of hydrogen-bond donors (Lipinski definition) is 0. The predicted octanol–water partition coefficient (Wildman–Crippen LogP) is 7.03. The van der Waals surface area contributed by atoms with Gasteiger partial charge in [0.05, 0.1) is 5.92 Å². The summed E-state index contributed by atoms with van der Waals surface area (Å²) in [5.41, 5.74) is 2.23. The van der Waals surface area contributed by atoms with E-state index in [2.05, 4.69) is 19.9 Å². The maximum Gasteiger partial charge on any atom is 0.239 e. The van der Waals surface area contributed by atoms with E-state index in [-0.39, 0.29) is 22.9 Å². The Morgan fingerprint density at radius 3 is 2.17 bits per heavy atom. The lowest BCUT2D eigenvalue weighted by atomic mass is 9.77. The summed E-state index contributed by atoms with van der Waals surface area (Å²) >= 11 is 0. The minimum absolute atomic E-state index is 0.0720.